The van der Waals surface area contributed by atoms with Gasteiger partial charge >= 0.3 is 0 Å². The molecular formula is C14H19N3O2S. The maximum absolute atomic E-state index is 12.5. The van der Waals surface area contributed by atoms with Gasteiger partial charge in [-0.1, -0.05) is 17.7 Å². The number of aromatic amines is 1. The van der Waals surface area contributed by atoms with Crippen LogP contribution >= 0.6 is 0 Å². The fourth-order valence-electron chi connectivity index (χ4n) is 1.91. The summed E-state index contributed by atoms with van der Waals surface area (Å²) in [5.41, 5.74) is 2.58. The normalized spacial score (nSPS) is 11.6. The van der Waals surface area contributed by atoms with E-state index in [1.165, 1.54) is 10.5 Å². The van der Waals surface area contributed by atoms with Crippen molar-refractivity contribution in [3.05, 3.63) is 47.8 Å². The third kappa shape index (κ3) is 2.86. The zero-order valence-electron chi connectivity index (χ0n) is 11.8. The van der Waals surface area contributed by atoms with E-state index in [0.717, 1.165) is 11.3 Å². The molecule has 0 aliphatic rings. The van der Waals surface area contributed by atoms with Crippen LogP contribution in [0, 0.1) is 6.92 Å². The highest BCUT2D eigenvalue weighted by atomic mass is 32.2. The van der Waals surface area contributed by atoms with Crippen molar-refractivity contribution in [3.8, 4) is 0 Å². The monoisotopic (exact) mass is 293 g/mol. The molecule has 1 aromatic heterocycles. The van der Waals surface area contributed by atoms with Gasteiger partial charge in [-0.15, -0.1) is 0 Å². The van der Waals surface area contributed by atoms with E-state index in [1.54, 1.807) is 25.2 Å². The Balaban J connectivity index is 2.30. The highest BCUT2D eigenvalue weighted by Gasteiger charge is 2.22. The van der Waals surface area contributed by atoms with Gasteiger partial charge < -0.3 is 10.3 Å². The third-order valence-corrected chi connectivity index (χ3v) is 4.90. The lowest BCUT2D eigenvalue weighted by molar-refractivity contribution is 0.594. The molecule has 2 N–H and O–H groups in total. The highest BCUT2D eigenvalue weighted by molar-refractivity contribution is 7.92. The average molecular weight is 293 g/mol. The first kappa shape index (κ1) is 14.6. The van der Waals surface area contributed by atoms with Crippen molar-refractivity contribution in [1.29, 1.82) is 0 Å². The number of anilines is 1. The summed E-state index contributed by atoms with van der Waals surface area (Å²) in [6.45, 7) is 2.57. The molecule has 0 bridgehead atoms. The van der Waals surface area contributed by atoms with E-state index in [4.69, 9.17) is 0 Å². The first-order valence-corrected chi connectivity index (χ1v) is 7.76. The van der Waals surface area contributed by atoms with Crippen LogP contribution in [0.4, 0.5) is 5.69 Å². The van der Waals surface area contributed by atoms with Crippen LogP contribution in [0.5, 0.6) is 0 Å². The van der Waals surface area contributed by atoms with Crippen molar-refractivity contribution in [2.75, 3.05) is 18.4 Å². The van der Waals surface area contributed by atoms with E-state index in [9.17, 15) is 8.42 Å². The molecule has 0 spiro atoms. The van der Waals surface area contributed by atoms with E-state index in [1.807, 2.05) is 26.1 Å². The number of H-pyrrole nitrogens is 1. The second-order valence-corrected chi connectivity index (χ2v) is 6.67. The molecule has 20 heavy (non-hydrogen) atoms. The van der Waals surface area contributed by atoms with Gasteiger partial charge in [0.25, 0.3) is 10.0 Å². The lowest BCUT2D eigenvalue weighted by Crippen LogP contribution is -2.26. The summed E-state index contributed by atoms with van der Waals surface area (Å²) in [5, 5.41) is 2.98. The van der Waals surface area contributed by atoms with Gasteiger partial charge in [0.05, 0.1) is 5.69 Å². The minimum Gasteiger partial charge on any atom is -0.363 e. The van der Waals surface area contributed by atoms with Gasteiger partial charge in [-0.3, -0.25) is 4.31 Å². The van der Waals surface area contributed by atoms with Crippen molar-refractivity contribution in [1.82, 2.24) is 10.3 Å². The van der Waals surface area contributed by atoms with Crippen LogP contribution in [0.25, 0.3) is 0 Å². The molecule has 2 aromatic rings. The van der Waals surface area contributed by atoms with E-state index in [0.29, 0.717) is 12.2 Å². The van der Waals surface area contributed by atoms with Gasteiger partial charge in [0, 0.05) is 25.5 Å². The number of sulfonamides is 1. The first-order valence-electron chi connectivity index (χ1n) is 6.32. The number of rotatable bonds is 5. The number of aryl methyl sites for hydroxylation is 1. The van der Waals surface area contributed by atoms with Gasteiger partial charge in [0.2, 0.25) is 0 Å². The van der Waals surface area contributed by atoms with Crippen molar-refractivity contribution >= 4 is 15.7 Å². The van der Waals surface area contributed by atoms with Crippen molar-refractivity contribution < 1.29 is 8.42 Å². The van der Waals surface area contributed by atoms with Gasteiger partial charge in [-0.25, -0.2) is 8.42 Å². The predicted octanol–water partition coefficient (Wildman–Crippen LogP) is 1.87. The number of nitrogens with zero attached hydrogens (tertiary/aromatic N) is 1. The molecule has 0 unspecified atom stereocenters. The third-order valence-electron chi connectivity index (χ3n) is 3.14. The summed E-state index contributed by atoms with van der Waals surface area (Å²) >= 11 is 0. The van der Waals surface area contributed by atoms with Crippen LogP contribution in [0.3, 0.4) is 0 Å². The summed E-state index contributed by atoms with van der Waals surface area (Å²) in [4.78, 5) is 3.23. The second-order valence-electron chi connectivity index (χ2n) is 4.70. The Morgan fingerprint density at radius 2 is 1.90 bits per heavy atom. The molecule has 0 saturated carbocycles. The smallest absolute Gasteiger partial charge is 0.265 e. The average Bonchev–Trinajstić information content (AvgIpc) is 2.88. The quantitative estimate of drug-likeness (QED) is 0.884. The highest BCUT2D eigenvalue weighted by Crippen LogP contribution is 2.22. The SMILES string of the molecule is CNCc1cc(S(=O)(=O)N(C)c2ccc(C)cc2)c[nH]1. The summed E-state index contributed by atoms with van der Waals surface area (Å²) in [6.07, 6.45) is 1.52. The maximum atomic E-state index is 12.5. The molecular weight excluding hydrogens is 274 g/mol. The predicted molar refractivity (Wildman–Crippen MR) is 80.3 cm³/mol. The molecule has 0 fully saturated rings. The standard InChI is InChI=1S/C14H19N3O2S/c1-11-4-6-13(7-5-11)17(3)20(18,19)14-8-12(9-15-2)16-10-14/h4-8,10,15-16H,9H2,1-3H3. The van der Waals surface area contributed by atoms with Gasteiger partial charge in [0.1, 0.15) is 4.90 Å². The summed E-state index contributed by atoms with van der Waals surface area (Å²) < 4.78 is 26.3. The van der Waals surface area contributed by atoms with Crippen LogP contribution in [0.1, 0.15) is 11.3 Å². The number of hydrogen-bond donors (Lipinski definition) is 2. The fraction of sp³-hybridized carbons (Fsp3) is 0.286. The van der Waals surface area contributed by atoms with Gasteiger partial charge in [-0.2, -0.15) is 0 Å². The Bertz CT molecular complexity index is 675. The maximum Gasteiger partial charge on any atom is 0.265 e. The summed E-state index contributed by atoms with van der Waals surface area (Å²) in [5.74, 6) is 0. The molecule has 0 amide bonds. The number of benzene rings is 1. The van der Waals surface area contributed by atoms with Crippen LogP contribution < -0.4 is 9.62 Å². The molecule has 5 nitrogen and oxygen atoms in total. The lowest BCUT2D eigenvalue weighted by atomic mass is 10.2. The zero-order valence-corrected chi connectivity index (χ0v) is 12.7. The number of aromatic nitrogens is 1. The Hall–Kier alpha value is -1.79. The molecule has 0 aliphatic heterocycles. The Labute approximate surface area is 119 Å². The van der Waals surface area contributed by atoms with Crippen LogP contribution in [0.2, 0.25) is 0 Å². The van der Waals surface area contributed by atoms with Crippen LogP contribution in [-0.4, -0.2) is 27.5 Å². The van der Waals surface area contributed by atoms with E-state index in [-0.39, 0.29) is 4.90 Å². The number of nitrogens with one attached hydrogen (secondary N) is 2. The molecule has 2 rings (SSSR count). The lowest BCUT2D eigenvalue weighted by Gasteiger charge is -2.18. The first-order chi connectivity index (χ1) is 9.45. The van der Waals surface area contributed by atoms with Crippen LogP contribution in [0.15, 0.2) is 41.4 Å². The largest absolute Gasteiger partial charge is 0.363 e. The van der Waals surface area contributed by atoms with E-state index < -0.39 is 10.0 Å². The summed E-state index contributed by atoms with van der Waals surface area (Å²) in [7, 11) is -0.155. The molecule has 0 atom stereocenters. The van der Waals surface area contributed by atoms with E-state index in [2.05, 4.69) is 10.3 Å². The van der Waals surface area contributed by atoms with Crippen molar-refractivity contribution in [2.24, 2.45) is 0 Å². The Morgan fingerprint density at radius 3 is 2.50 bits per heavy atom. The number of hydrogen-bond acceptors (Lipinski definition) is 3. The fourth-order valence-corrected chi connectivity index (χ4v) is 3.13. The zero-order chi connectivity index (χ0) is 14.8. The molecule has 1 aromatic carbocycles. The molecule has 0 radical (unpaired) electrons. The molecule has 0 aliphatic carbocycles. The van der Waals surface area contributed by atoms with Crippen molar-refractivity contribution in [3.63, 3.8) is 0 Å². The molecule has 6 heteroatoms. The topological polar surface area (TPSA) is 65.2 Å². The Kier molecular flexibility index (Phi) is 4.15. The Morgan fingerprint density at radius 1 is 1.25 bits per heavy atom. The molecule has 108 valence electrons. The van der Waals surface area contributed by atoms with Gasteiger partial charge in [0.15, 0.2) is 0 Å². The van der Waals surface area contributed by atoms with Crippen molar-refractivity contribution in [2.45, 2.75) is 18.4 Å². The second kappa shape index (κ2) is 5.68. The van der Waals surface area contributed by atoms with Gasteiger partial charge in [-0.05, 0) is 32.2 Å². The molecule has 0 saturated heterocycles. The van der Waals surface area contributed by atoms with Crippen LogP contribution in [-0.2, 0) is 16.6 Å². The van der Waals surface area contributed by atoms with E-state index >= 15 is 0 Å². The summed E-state index contributed by atoms with van der Waals surface area (Å²) in [6, 6.07) is 9.04. The molecule has 1 heterocycles. The minimum absolute atomic E-state index is 0.269. The minimum atomic E-state index is -3.53.